The molecule has 3 nitrogen and oxygen atoms in total. The predicted molar refractivity (Wildman–Crippen MR) is 55.7 cm³/mol. The molecule has 1 rings (SSSR count). The number of nitrogens with one attached hydrogen (secondary N) is 1. The number of pyridine rings is 1. The van der Waals surface area contributed by atoms with Gasteiger partial charge in [0.15, 0.2) is 0 Å². The number of hydrogen-bond acceptors (Lipinski definition) is 2. The van der Waals surface area contributed by atoms with E-state index in [0.717, 1.165) is 8.04 Å². The Morgan fingerprint density at radius 1 is 1.73 bits per heavy atom. The molecule has 0 saturated heterocycles. The largest absolute Gasteiger partial charge is 0.382 e. The molecule has 5 heteroatoms. The Morgan fingerprint density at radius 2 is 2.36 bits per heavy atom. The molecule has 58 valence electrons. The van der Waals surface area contributed by atoms with E-state index >= 15 is 0 Å². The van der Waals surface area contributed by atoms with Crippen LogP contribution in [0, 0.1) is 8.98 Å². The van der Waals surface area contributed by atoms with Gasteiger partial charge in [0, 0.05) is 14.2 Å². The number of amidine groups is 1. The van der Waals surface area contributed by atoms with Crippen molar-refractivity contribution in [1.29, 1.82) is 5.41 Å². The molecule has 0 aliphatic carbocycles. The molecule has 11 heavy (non-hydrogen) atoms. The van der Waals surface area contributed by atoms with Gasteiger partial charge in [-0.1, -0.05) is 0 Å². The fourth-order valence-corrected chi connectivity index (χ4v) is 2.05. The van der Waals surface area contributed by atoms with Crippen LogP contribution in [-0.4, -0.2) is 10.8 Å². The highest BCUT2D eigenvalue weighted by Crippen LogP contribution is 2.16. The molecule has 0 saturated carbocycles. The van der Waals surface area contributed by atoms with Crippen molar-refractivity contribution in [3.05, 3.63) is 26.0 Å². The summed E-state index contributed by atoms with van der Waals surface area (Å²) in [5.41, 5.74) is 5.74. The van der Waals surface area contributed by atoms with Gasteiger partial charge in [-0.05, 0) is 44.6 Å². The van der Waals surface area contributed by atoms with Crippen LogP contribution in [0.2, 0.25) is 0 Å². The molecule has 1 aromatic heterocycles. The monoisotopic (exact) mass is 325 g/mol. The van der Waals surface area contributed by atoms with Crippen LogP contribution in [0.4, 0.5) is 0 Å². The highest BCUT2D eigenvalue weighted by atomic mass is 127. The second-order valence-electron chi connectivity index (χ2n) is 1.90. The normalized spacial score (nSPS) is 9.64. The number of nitrogens with two attached hydrogens (primary N) is 1. The van der Waals surface area contributed by atoms with E-state index in [0.29, 0.717) is 5.69 Å². The van der Waals surface area contributed by atoms with E-state index in [9.17, 15) is 0 Å². The van der Waals surface area contributed by atoms with E-state index in [-0.39, 0.29) is 5.84 Å². The van der Waals surface area contributed by atoms with Crippen molar-refractivity contribution in [2.75, 3.05) is 0 Å². The fraction of sp³-hybridized carbons (Fsp3) is 0. The molecule has 0 spiro atoms. The lowest BCUT2D eigenvalue weighted by atomic mass is 10.3. The van der Waals surface area contributed by atoms with Crippen LogP contribution < -0.4 is 5.73 Å². The van der Waals surface area contributed by atoms with Gasteiger partial charge in [0.05, 0.1) is 0 Å². The van der Waals surface area contributed by atoms with Crippen LogP contribution in [0.25, 0.3) is 0 Å². The van der Waals surface area contributed by atoms with Crippen molar-refractivity contribution >= 4 is 44.4 Å². The molecule has 0 atom stereocenters. The van der Waals surface area contributed by atoms with E-state index in [4.69, 9.17) is 11.1 Å². The summed E-state index contributed by atoms with van der Waals surface area (Å²) in [6, 6.07) is 1.87. The number of aromatic nitrogens is 1. The Kier molecular flexibility index (Phi) is 2.83. The van der Waals surface area contributed by atoms with Crippen molar-refractivity contribution in [3.63, 3.8) is 0 Å². The first-order valence-electron chi connectivity index (χ1n) is 2.76. The van der Waals surface area contributed by atoms with Gasteiger partial charge in [0.1, 0.15) is 11.5 Å². The second-order valence-corrected chi connectivity index (χ2v) is 4.00. The number of nitrogens with zero attached hydrogens (tertiary/aromatic N) is 1. The van der Waals surface area contributed by atoms with E-state index in [2.05, 4.69) is 43.5 Å². The van der Waals surface area contributed by atoms with Crippen molar-refractivity contribution in [1.82, 2.24) is 4.98 Å². The van der Waals surface area contributed by atoms with Crippen LogP contribution in [-0.2, 0) is 0 Å². The van der Waals surface area contributed by atoms with Gasteiger partial charge < -0.3 is 5.73 Å². The number of nitrogen functional groups attached to an aromatic ring is 1. The summed E-state index contributed by atoms with van der Waals surface area (Å²) in [6.45, 7) is 0. The molecule has 0 unspecified atom stereocenters. The highest BCUT2D eigenvalue weighted by Gasteiger charge is 2.03. The van der Waals surface area contributed by atoms with Crippen molar-refractivity contribution in [2.45, 2.75) is 0 Å². The maximum absolute atomic E-state index is 7.13. The smallest absolute Gasteiger partial charge is 0.142 e. The molecule has 0 amide bonds. The third kappa shape index (κ3) is 2.13. The minimum Gasteiger partial charge on any atom is -0.382 e. The lowest BCUT2D eigenvalue weighted by Gasteiger charge is -1.99. The van der Waals surface area contributed by atoms with Gasteiger partial charge in [-0.25, -0.2) is 0 Å². The molecule has 0 fully saturated rings. The molecule has 0 bridgehead atoms. The molecule has 1 aromatic rings. The quantitative estimate of drug-likeness (QED) is 0.469. The summed E-state index contributed by atoms with van der Waals surface area (Å²) in [5, 5.41) is 7.13. The zero-order chi connectivity index (χ0) is 8.43. The van der Waals surface area contributed by atoms with E-state index in [1.54, 1.807) is 6.20 Å². The summed E-state index contributed by atoms with van der Waals surface area (Å²) in [7, 11) is 0. The van der Waals surface area contributed by atoms with E-state index in [1.165, 1.54) is 0 Å². The zero-order valence-electron chi connectivity index (χ0n) is 5.44. The van der Waals surface area contributed by atoms with Crippen LogP contribution in [0.1, 0.15) is 5.69 Å². The SMILES string of the molecule is N=C(N)c1ncc(I)cc1Br. The highest BCUT2D eigenvalue weighted by molar-refractivity contribution is 14.1. The average molecular weight is 326 g/mol. The van der Waals surface area contributed by atoms with Gasteiger partial charge in [0.25, 0.3) is 0 Å². The van der Waals surface area contributed by atoms with Crippen molar-refractivity contribution in [2.24, 2.45) is 5.73 Å². The predicted octanol–water partition coefficient (Wildman–Crippen LogP) is 1.73. The summed E-state index contributed by atoms with van der Waals surface area (Å²) in [5.74, 6) is -0.0201. The van der Waals surface area contributed by atoms with Crippen LogP contribution in [0.15, 0.2) is 16.7 Å². The van der Waals surface area contributed by atoms with E-state index in [1.807, 2.05) is 6.07 Å². The topological polar surface area (TPSA) is 62.8 Å². The third-order valence-electron chi connectivity index (χ3n) is 1.06. The molecule has 0 aliphatic rings. The first-order valence-corrected chi connectivity index (χ1v) is 4.64. The number of hydrogen-bond donors (Lipinski definition) is 2. The molecule has 0 aromatic carbocycles. The van der Waals surface area contributed by atoms with Gasteiger partial charge in [-0.2, -0.15) is 0 Å². The average Bonchev–Trinajstić information content (AvgIpc) is 1.85. The number of halogens is 2. The third-order valence-corrected chi connectivity index (χ3v) is 2.26. The molecular weight excluding hydrogens is 321 g/mol. The maximum atomic E-state index is 7.13. The summed E-state index contributed by atoms with van der Waals surface area (Å²) < 4.78 is 1.77. The van der Waals surface area contributed by atoms with Gasteiger partial charge in [-0.3, -0.25) is 10.4 Å². The maximum Gasteiger partial charge on any atom is 0.142 e. The molecule has 0 aliphatic heterocycles. The van der Waals surface area contributed by atoms with E-state index < -0.39 is 0 Å². The Morgan fingerprint density at radius 3 is 2.82 bits per heavy atom. The van der Waals surface area contributed by atoms with Crippen molar-refractivity contribution in [3.8, 4) is 0 Å². The van der Waals surface area contributed by atoms with Crippen LogP contribution in [0.5, 0.6) is 0 Å². The fourth-order valence-electron chi connectivity index (χ4n) is 0.613. The molecule has 3 N–H and O–H groups in total. The standard InChI is InChI=1S/C6H5BrIN3/c7-4-1-3(8)2-11-5(4)6(9)10/h1-2H,(H3,9,10). The van der Waals surface area contributed by atoms with Gasteiger partial charge >= 0.3 is 0 Å². The zero-order valence-corrected chi connectivity index (χ0v) is 9.18. The number of rotatable bonds is 1. The Hall–Kier alpha value is -0.170. The lowest BCUT2D eigenvalue weighted by Crippen LogP contribution is -2.13. The second kappa shape index (κ2) is 3.48. The Labute approximate surface area is 86.2 Å². The first-order chi connectivity index (χ1) is 5.11. The Balaban J connectivity index is 3.20. The molecular formula is C6H5BrIN3. The summed E-state index contributed by atoms with van der Waals surface area (Å²) in [6.07, 6.45) is 1.67. The van der Waals surface area contributed by atoms with Crippen LogP contribution in [0.3, 0.4) is 0 Å². The summed E-state index contributed by atoms with van der Waals surface area (Å²) in [4.78, 5) is 3.97. The van der Waals surface area contributed by atoms with Crippen molar-refractivity contribution < 1.29 is 0 Å². The first kappa shape index (κ1) is 8.92. The lowest BCUT2D eigenvalue weighted by molar-refractivity contribution is 1.22. The summed E-state index contributed by atoms with van der Waals surface area (Å²) >= 11 is 5.40. The minimum absolute atomic E-state index is 0.0201. The molecule has 1 heterocycles. The minimum atomic E-state index is -0.0201. The Bertz CT molecular complexity index is 300. The van der Waals surface area contributed by atoms with Gasteiger partial charge in [-0.15, -0.1) is 0 Å². The van der Waals surface area contributed by atoms with Crippen LogP contribution >= 0.6 is 38.5 Å². The molecule has 0 radical (unpaired) electrons. The van der Waals surface area contributed by atoms with Gasteiger partial charge in [0.2, 0.25) is 0 Å².